The van der Waals surface area contributed by atoms with E-state index in [2.05, 4.69) is 10.6 Å². The molecule has 0 aromatic carbocycles. The lowest BCUT2D eigenvalue weighted by atomic mass is 10.3. The maximum atomic E-state index is 11.7. The Balaban J connectivity index is 3.50. The Bertz CT molecular complexity index is 425. The van der Waals surface area contributed by atoms with Crippen LogP contribution in [0.2, 0.25) is 0 Å². The Morgan fingerprint density at radius 2 is 1.12 bits per heavy atom. The molecule has 32 heavy (non-hydrogen) atoms. The number of hydrogen-bond donors (Lipinski definition) is 2. The first-order chi connectivity index (χ1) is 15.6. The summed E-state index contributed by atoms with van der Waals surface area (Å²) in [5.41, 5.74) is 0. The molecule has 14 heteroatoms. The molecule has 2 atom stereocenters. The number of esters is 2. The van der Waals surface area contributed by atoms with Crippen LogP contribution in [0, 0.1) is 0 Å². The molecule has 0 fully saturated rings. The number of carbonyl (C=O) groups excluding carboxylic acids is 2. The molecule has 0 aromatic rings. The van der Waals surface area contributed by atoms with E-state index in [0.29, 0.717) is 26.3 Å². The van der Waals surface area contributed by atoms with Gasteiger partial charge in [-0.15, -0.1) is 0 Å². The Morgan fingerprint density at radius 3 is 1.47 bits per heavy atom. The van der Waals surface area contributed by atoms with E-state index in [0.717, 1.165) is 12.3 Å². The second-order valence-electron chi connectivity index (χ2n) is 6.42. The third-order valence-corrected chi connectivity index (χ3v) is 6.24. The van der Waals surface area contributed by atoms with Gasteiger partial charge in [-0.25, -0.2) is 0 Å². The van der Waals surface area contributed by atoms with Crippen LogP contribution in [0.5, 0.6) is 0 Å². The largest absolute Gasteiger partial charge is 0.464 e. The summed E-state index contributed by atoms with van der Waals surface area (Å²) in [5, 5.41) is 6.27. The summed E-state index contributed by atoms with van der Waals surface area (Å²) in [6, 6.07) is 0. The number of rotatable bonds is 23. The van der Waals surface area contributed by atoms with Gasteiger partial charge < -0.3 is 47.9 Å². The highest BCUT2D eigenvalue weighted by atomic mass is 28.2. The van der Waals surface area contributed by atoms with Crippen molar-refractivity contribution in [1.29, 1.82) is 0 Å². The van der Waals surface area contributed by atoms with Crippen molar-refractivity contribution < 1.29 is 46.9 Å². The van der Waals surface area contributed by atoms with Crippen molar-refractivity contribution in [2.75, 3.05) is 80.3 Å². The van der Waals surface area contributed by atoms with E-state index in [1.54, 1.807) is 28.4 Å². The minimum Gasteiger partial charge on any atom is -0.464 e. The zero-order chi connectivity index (χ0) is 23.9. The average Bonchev–Trinajstić information content (AvgIpc) is 2.79. The number of carbonyl (C=O) groups is 2. The van der Waals surface area contributed by atoms with Gasteiger partial charge in [0, 0.05) is 53.9 Å². The lowest BCUT2D eigenvalue weighted by Gasteiger charge is -2.15. The van der Waals surface area contributed by atoms with Gasteiger partial charge in [0.2, 0.25) is 0 Å². The van der Waals surface area contributed by atoms with Crippen LogP contribution in [0.3, 0.4) is 0 Å². The van der Waals surface area contributed by atoms with Gasteiger partial charge in [-0.2, -0.15) is 0 Å². The number of methoxy groups -OCH3 is 4. The van der Waals surface area contributed by atoms with Crippen LogP contribution in [-0.4, -0.2) is 124 Å². The lowest BCUT2D eigenvalue weighted by molar-refractivity contribution is -0.150. The molecule has 0 aliphatic heterocycles. The molecule has 0 heterocycles. The van der Waals surface area contributed by atoms with Crippen LogP contribution in [0.4, 0.5) is 0 Å². The molecule has 0 saturated carbocycles. The molecular formula is C18H40N2O10Si2. The predicted molar refractivity (Wildman–Crippen MR) is 121 cm³/mol. The fraction of sp³-hybridized carbons (Fsp3) is 0.889. The second-order valence-corrected chi connectivity index (χ2v) is 8.91. The van der Waals surface area contributed by atoms with E-state index in [4.69, 9.17) is 37.3 Å². The summed E-state index contributed by atoms with van der Waals surface area (Å²) in [7, 11) is 4.72. The molecule has 0 bridgehead atoms. The van der Waals surface area contributed by atoms with Crippen LogP contribution in [0.15, 0.2) is 0 Å². The first-order valence-corrected chi connectivity index (χ1v) is 13.7. The number of nitrogens with one attached hydrogen (secondary N) is 2. The quantitative estimate of drug-likeness (QED) is 0.0659. The van der Waals surface area contributed by atoms with Gasteiger partial charge in [0.15, 0.2) is 32.1 Å². The Labute approximate surface area is 195 Å². The van der Waals surface area contributed by atoms with E-state index in [9.17, 15) is 9.59 Å². The standard InChI is InChI=1S/C18H40N2O10Si2/c1-23-11-17(25-3)29-31-13-19-7-9-27-15(21)5-6-16(22)28-10-8-20-14-32-30-18(26-4)12-24-2/h17-20H,5-14,31-32H2,1-4H3. The van der Waals surface area contributed by atoms with Crippen molar-refractivity contribution in [3.8, 4) is 0 Å². The Kier molecular flexibility index (Phi) is 22.5. The van der Waals surface area contributed by atoms with Crippen molar-refractivity contribution in [1.82, 2.24) is 10.6 Å². The summed E-state index contributed by atoms with van der Waals surface area (Å²) in [6.45, 7) is 2.28. The molecule has 2 unspecified atom stereocenters. The summed E-state index contributed by atoms with van der Waals surface area (Å²) < 4.78 is 41.4. The topological polar surface area (TPSA) is 132 Å². The lowest BCUT2D eigenvalue weighted by Crippen LogP contribution is -2.31. The molecule has 0 amide bonds. The van der Waals surface area contributed by atoms with E-state index >= 15 is 0 Å². The highest BCUT2D eigenvalue weighted by molar-refractivity contribution is 6.27. The summed E-state index contributed by atoms with van der Waals surface area (Å²) in [4.78, 5) is 23.3. The first-order valence-electron chi connectivity index (χ1n) is 10.6. The summed E-state index contributed by atoms with van der Waals surface area (Å²) in [5.74, 6) is -0.858. The first kappa shape index (κ1) is 31.1. The zero-order valence-electron chi connectivity index (χ0n) is 19.7. The smallest absolute Gasteiger partial charge is 0.306 e. The third kappa shape index (κ3) is 19.7. The van der Waals surface area contributed by atoms with Gasteiger partial charge >= 0.3 is 11.9 Å². The number of hydrogen-bond acceptors (Lipinski definition) is 12. The van der Waals surface area contributed by atoms with Gasteiger partial charge in [-0.3, -0.25) is 9.59 Å². The Hall–Kier alpha value is -0.946. The van der Waals surface area contributed by atoms with Crippen molar-refractivity contribution in [2.45, 2.75) is 25.4 Å². The molecular weight excluding hydrogens is 460 g/mol. The van der Waals surface area contributed by atoms with Crippen LogP contribution >= 0.6 is 0 Å². The molecule has 0 spiro atoms. The van der Waals surface area contributed by atoms with Gasteiger partial charge in [0.05, 0.1) is 26.1 Å². The molecule has 2 N–H and O–H groups in total. The second kappa shape index (κ2) is 23.2. The van der Waals surface area contributed by atoms with Crippen molar-refractivity contribution >= 4 is 31.5 Å². The minimum absolute atomic E-state index is 0.00464. The van der Waals surface area contributed by atoms with Crippen LogP contribution in [0.25, 0.3) is 0 Å². The fourth-order valence-electron chi connectivity index (χ4n) is 2.24. The Morgan fingerprint density at radius 1 is 0.719 bits per heavy atom. The normalized spacial score (nSPS) is 13.8. The SMILES string of the molecule is COCC(OC)O[SiH2]CNCCOC(=O)CCC(=O)OCCNC[SiH2]OC(COC)OC. The maximum absolute atomic E-state index is 11.7. The van der Waals surface area contributed by atoms with Crippen molar-refractivity contribution in [2.24, 2.45) is 0 Å². The monoisotopic (exact) mass is 500 g/mol. The van der Waals surface area contributed by atoms with Gasteiger partial charge in [-0.05, 0) is 0 Å². The molecule has 0 radical (unpaired) electrons. The minimum atomic E-state index is -0.796. The van der Waals surface area contributed by atoms with Crippen molar-refractivity contribution in [3.63, 3.8) is 0 Å². The van der Waals surface area contributed by atoms with Crippen LogP contribution < -0.4 is 10.6 Å². The van der Waals surface area contributed by atoms with Crippen molar-refractivity contribution in [3.05, 3.63) is 0 Å². The van der Waals surface area contributed by atoms with E-state index in [-0.39, 0.29) is 38.6 Å². The summed E-state index contributed by atoms with van der Waals surface area (Å²) >= 11 is 0. The average molecular weight is 501 g/mol. The zero-order valence-corrected chi connectivity index (χ0v) is 22.6. The molecule has 0 aromatic heterocycles. The molecule has 0 aliphatic rings. The van der Waals surface area contributed by atoms with E-state index in [1.165, 1.54) is 0 Å². The van der Waals surface area contributed by atoms with Crippen LogP contribution in [-0.2, 0) is 46.9 Å². The van der Waals surface area contributed by atoms with Gasteiger partial charge in [0.1, 0.15) is 13.2 Å². The fourth-order valence-corrected chi connectivity index (χ4v) is 4.25. The molecule has 12 nitrogen and oxygen atoms in total. The summed E-state index contributed by atoms with van der Waals surface area (Å²) in [6.07, 6.45) is 0.747. The van der Waals surface area contributed by atoms with E-state index in [1.807, 2.05) is 0 Å². The highest BCUT2D eigenvalue weighted by Gasteiger charge is 2.10. The molecule has 0 aliphatic carbocycles. The maximum Gasteiger partial charge on any atom is 0.306 e. The molecule has 0 saturated heterocycles. The highest BCUT2D eigenvalue weighted by Crippen LogP contribution is 1.96. The molecule has 190 valence electrons. The third-order valence-electron chi connectivity index (χ3n) is 3.91. The molecule has 0 rings (SSSR count). The van der Waals surface area contributed by atoms with Crippen LogP contribution in [0.1, 0.15) is 12.8 Å². The predicted octanol–water partition coefficient (Wildman–Crippen LogP) is -2.61. The van der Waals surface area contributed by atoms with Gasteiger partial charge in [0.25, 0.3) is 0 Å². The van der Waals surface area contributed by atoms with E-state index < -0.39 is 31.5 Å². The van der Waals surface area contributed by atoms with Gasteiger partial charge in [-0.1, -0.05) is 0 Å². The number of ether oxygens (including phenoxy) is 6.